The van der Waals surface area contributed by atoms with E-state index in [-0.39, 0.29) is 23.3 Å². The van der Waals surface area contributed by atoms with Gasteiger partial charge in [0.15, 0.2) is 5.82 Å². The maximum atomic E-state index is 12.8. The van der Waals surface area contributed by atoms with Crippen LogP contribution in [0.25, 0.3) is 22.8 Å². The average Bonchev–Trinajstić information content (AvgIpc) is 3.60. The number of rotatable bonds is 6. The predicted molar refractivity (Wildman–Crippen MR) is 138 cm³/mol. The Hall–Kier alpha value is -4.54. The summed E-state index contributed by atoms with van der Waals surface area (Å²) in [7, 11) is 0. The molecule has 1 saturated carbocycles. The molecule has 0 saturated heterocycles. The molecule has 11 heteroatoms. The fourth-order valence-corrected chi connectivity index (χ4v) is 3.62. The lowest BCUT2D eigenvalue weighted by Crippen LogP contribution is -2.22. The van der Waals surface area contributed by atoms with Crippen molar-refractivity contribution in [2.45, 2.75) is 46.1 Å². The van der Waals surface area contributed by atoms with E-state index in [2.05, 4.69) is 40.7 Å². The van der Waals surface area contributed by atoms with E-state index >= 15 is 0 Å². The Kier molecular flexibility index (Phi) is 6.20. The van der Waals surface area contributed by atoms with Gasteiger partial charge < -0.3 is 10.6 Å². The lowest BCUT2D eigenvalue weighted by atomic mass is 10.1. The molecule has 0 aliphatic heterocycles. The highest BCUT2D eigenvalue weighted by Crippen LogP contribution is 2.30. The Morgan fingerprint density at radius 1 is 1.00 bits per heavy atom. The second kappa shape index (κ2) is 9.49. The molecule has 2 amide bonds. The Morgan fingerprint density at radius 2 is 1.81 bits per heavy atom. The predicted octanol–water partition coefficient (Wildman–Crippen LogP) is 3.86. The second-order valence-electron chi connectivity index (χ2n) is 9.97. The number of hydrogen-bond acceptors (Lipinski definition) is 8. The zero-order chi connectivity index (χ0) is 26.2. The van der Waals surface area contributed by atoms with E-state index in [9.17, 15) is 9.59 Å². The quantitative estimate of drug-likeness (QED) is 0.409. The fraction of sp³-hybridized carbons (Fsp3) is 0.308. The number of pyridine rings is 1. The van der Waals surface area contributed by atoms with Gasteiger partial charge in [-0.05, 0) is 52.7 Å². The molecule has 0 spiro atoms. The van der Waals surface area contributed by atoms with Crippen molar-refractivity contribution >= 4 is 23.3 Å². The summed E-state index contributed by atoms with van der Waals surface area (Å²) in [6.07, 6.45) is 9.68. The summed E-state index contributed by atoms with van der Waals surface area (Å²) >= 11 is 0. The van der Waals surface area contributed by atoms with Crippen LogP contribution < -0.4 is 10.6 Å². The molecule has 4 heterocycles. The molecule has 0 bridgehead atoms. The monoisotopic (exact) mass is 497 g/mol. The number of carbonyl (C=O) groups is 2. The smallest absolute Gasteiger partial charge is 0.258 e. The van der Waals surface area contributed by atoms with Gasteiger partial charge in [-0.2, -0.15) is 5.10 Å². The molecule has 37 heavy (non-hydrogen) atoms. The largest absolute Gasteiger partial charge is 0.320 e. The Labute approximate surface area is 213 Å². The molecule has 188 valence electrons. The highest BCUT2D eigenvalue weighted by atomic mass is 16.2. The molecule has 0 aromatic carbocycles. The van der Waals surface area contributed by atoms with Crippen LogP contribution in [0.2, 0.25) is 0 Å². The van der Waals surface area contributed by atoms with Crippen LogP contribution in [-0.4, -0.2) is 46.5 Å². The number of nitrogens with one attached hydrogen (secondary N) is 2. The summed E-state index contributed by atoms with van der Waals surface area (Å²) in [6, 6.07) is 5.24. The highest BCUT2D eigenvalue weighted by Gasteiger charge is 2.30. The van der Waals surface area contributed by atoms with Gasteiger partial charge in [-0.15, -0.1) is 0 Å². The summed E-state index contributed by atoms with van der Waals surface area (Å²) in [5, 5.41) is 10.00. The first-order valence-electron chi connectivity index (χ1n) is 12.0. The molecule has 0 atom stereocenters. The van der Waals surface area contributed by atoms with Crippen LogP contribution in [0.15, 0.2) is 49.3 Å². The van der Waals surface area contributed by atoms with Crippen LogP contribution in [0, 0.1) is 12.8 Å². The van der Waals surface area contributed by atoms with Crippen LogP contribution in [0.5, 0.6) is 0 Å². The van der Waals surface area contributed by atoms with E-state index < -0.39 is 0 Å². The van der Waals surface area contributed by atoms with Crippen molar-refractivity contribution in [2.75, 3.05) is 10.6 Å². The molecule has 4 aromatic heterocycles. The van der Waals surface area contributed by atoms with Crippen LogP contribution in [0.1, 0.15) is 49.7 Å². The number of amides is 2. The maximum absolute atomic E-state index is 12.8. The fourth-order valence-electron chi connectivity index (χ4n) is 3.62. The van der Waals surface area contributed by atoms with E-state index in [4.69, 9.17) is 0 Å². The van der Waals surface area contributed by atoms with Crippen molar-refractivity contribution in [3.8, 4) is 22.8 Å². The minimum absolute atomic E-state index is 0.0365. The SMILES string of the molecule is Cc1ncc(NC(=O)c2cnn(C(C)(C)C)c2)cc1-c1ccnc(-c2cc(NC(=O)C3CC3)ncn2)n1. The second-order valence-corrected chi connectivity index (χ2v) is 9.97. The number of nitrogens with zero attached hydrogens (tertiary/aromatic N) is 7. The molecule has 0 radical (unpaired) electrons. The lowest BCUT2D eigenvalue weighted by molar-refractivity contribution is -0.117. The van der Waals surface area contributed by atoms with E-state index in [1.54, 1.807) is 41.6 Å². The van der Waals surface area contributed by atoms with Gasteiger partial charge in [0.2, 0.25) is 5.91 Å². The van der Waals surface area contributed by atoms with E-state index in [1.807, 2.05) is 33.8 Å². The summed E-state index contributed by atoms with van der Waals surface area (Å²) in [5.41, 5.74) is 3.33. The third-order valence-electron chi connectivity index (χ3n) is 5.90. The summed E-state index contributed by atoms with van der Waals surface area (Å²) < 4.78 is 1.75. The molecule has 0 unspecified atom stereocenters. The minimum Gasteiger partial charge on any atom is -0.320 e. The number of aryl methyl sites for hydroxylation is 1. The molecule has 11 nitrogen and oxygen atoms in total. The molecule has 2 N–H and O–H groups in total. The first kappa shape index (κ1) is 24.2. The van der Waals surface area contributed by atoms with Crippen LogP contribution >= 0.6 is 0 Å². The summed E-state index contributed by atoms with van der Waals surface area (Å²) in [5.74, 6) is 0.539. The molecule has 1 aliphatic carbocycles. The number of carbonyl (C=O) groups excluding carboxylic acids is 2. The zero-order valence-electron chi connectivity index (χ0n) is 21.1. The molecule has 4 aromatic rings. The van der Waals surface area contributed by atoms with Crippen molar-refractivity contribution in [1.29, 1.82) is 0 Å². The average molecular weight is 498 g/mol. The Balaban J connectivity index is 1.38. The Bertz CT molecular complexity index is 1490. The number of anilines is 2. The molecule has 5 rings (SSSR count). The van der Waals surface area contributed by atoms with Gasteiger partial charge in [0.1, 0.15) is 17.8 Å². The highest BCUT2D eigenvalue weighted by molar-refractivity contribution is 6.04. The third kappa shape index (κ3) is 5.50. The van der Waals surface area contributed by atoms with Gasteiger partial charge in [0.05, 0.1) is 34.9 Å². The molecular formula is C26H27N9O2. The number of aromatic nitrogens is 7. The number of hydrogen-bond donors (Lipinski definition) is 2. The lowest BCUT2D eigenvalue weighted by Gasteiger charge is -2.18. The van der Waals surface area contributed by atoms with Crippen LogP contribution in [-0.2, 0) is 10.3 Å². The zero-order valence-corrected chi connectivity index (χ0v) is 21.1. The van der Waals surface area contributed by atoms with Crippen molar-refractivity contribution in [3.63, 3.8) is 0 Å². The maximum Gasteiger partial charge on any atom is 0.258 e. The first-order valence-corrected chi connectivity index (χ1v) is 12.0. The van der Waals surface area contributed by atoms with Crippen molar-refractivity contribution in [3.05, 3.63) is 60.6 Å². The van der Waals surface area contributed by atoms with E-state index in [0.29, 0.717) is 34.3 Å². The van der Waals surface area contributed by atoms with Crippen molar-refractivity contribution in [1.82, 2.24) is 34.7 Å². The summed E-state index contributed by atoms with van der Waals surface area (Å²) in [6.45, 7) is 7.91. The van der Waals surface area contributed by atoms with Gasteiger partial charge in [-0.1, -0.05) is 0 Å². The Morgan fingerprint density at radius 3 is 2.54 bits per heavy atom. The molecular weight excluding hydrogens is 470 g/mol. The van der Waals surface area contributed by atoms with Crippen molar-refractivity contribution in [2.24, 2.45) is 5.92 Å². The summed E-state index contributed by atoms with van der Waals surface area (Å²) in [4.78, 5) is 46.8. The first-order chi connectivity index (χ1) is 17.7. The standard InChI is InChI=1S/C26H27N9O2/c1-15-19(9-18(12-28-15)32-25(37)17-11-31-35(13-17)26(2,3)4)20-7-8-27-23(33-20)21-10-22(30-14-29-21)34-24(36)16-5-6-16/h7-14,16H,5-6H2,1-4H3,(H,32,37)(H,29,30,34,36). The normalized spacial score (nSPS) is 13.3. The van der Waals surface area contributed by atoms with Crippen LogP contribution in [0.4, 0.5) is 11.5 Å². The van der Waals surface area contributed by atoms with Gasteiger partial charge in [0, 0.05) is 35.6 Å². The van der Waals surface area contributed by atoms with Crippen LogP contribution in [0.3, 0.4) is 0 Å². The van der Waals surface area contributed by atoms with Gasteiger partial charge in [-0.25, -0.2) is 19.9 Å². The molecule has 1 aliphatic rings. The van der Waals surface area contributed by atoms with Gasteiger partial charge >= 0.3 is 0 Å². The minimum atomic E-state index is -0.280. The third-order valence-corrected chi connectivity index (χ3v) is 5.90. The van der Waals surface area contributed by atoms with E-state index in [1.165, 1.54) is 6.33 Å². The topological polar surface area (TPSA) is 140 Å². The van der Waals surface area contributed by atoms with Gasteiger partial charge in [-0.3, -0.25) is 19.3 Å². The van der Waals surface area contributed by atoms with Gasteiger partial charge in [0.25, 0.3) is 5.91 Å². The van der Waals surface area contributed by atoms with Crippen molar-refractivity contribution < 1.29 is 9.59 Å². The van der Waals surface area contributed by atoms with E-state index in [0.717, 1.165) is 24.1 Å². The molecule has 1 fully saturated rings.